The molecular weight excluding hydrogens is 152 g/mol. The zero-order valence-corrected chi connectivity index (χ0v) is 7.12. The molecule has 0 spiro atoms. The molecule has 0 saturated heterocycles. The van der Waals surface area contributed by atoms with Crippen molar-refractivity contribution in [2.45, 2.75) is 32.1 Å². The van der Waals surface area contributed by atoms with Gasteiger partial charge in [-0.15, -0.1) is 0 Å². The highest BCUT2D eigenvalue weighted by molar-refractivity contribution is 5.86. The van der Waals surface area contributed by atoms with Crippen molar-refractivity contribution >= 4 is 5.97 Å². The summed E-state index contributed by atoms with van der Waals surface area (Å²) in [5, 5.41) is 8.79. The number of fused-ring (bicyclic) bond motifs is 1. The number of carbonyl (C=O) groups is 1. The summed E-state index contributed by atoms with van der Waals surface area (Å²) in [6.07, 6.45) is 7.71. The van der Waals surface area contributed by atoms with Crippen LogP contribution in [0.15, 0.2) is 11.6 Å². The molecule has 0 aliphatic heterocycles. The van der Waals surface area contributed by atoms with Crippen LogP contribution in [0.1, 0.15) is 32.1 Å². The van der Waals surface area contributed by atoms with E-state index in [0.717, 1.165) is 18.8 Å². The van der Waals surface area contributed by atoms with Gasteiger partial charge in [-0.2, -0.15) is 0 Å². The normalized spacial score (nSPS) is 34.2. The monoisotopic (exact) mass is 166 g/mol. The summed E-state index contributed by atoms with van der Waals surface area (Å²) in [5.74, 6) is 0.679. The van der Waals surface area contributed by atoms with Crippen LogP contribution in [0, 0.1) is 11.8 Å². The Bertz CT molecular complexity index is 230. The Balaban J connectivity index is 2.14. The first-order valence-electron chi connectivity index (χ1n) is 4.71. The van der Waals surface area contributed by atoms with Gasteiger partial charge in [0.1, 0.15) is 0 Å². The van der Waals surface area contributed by atoms with Crippen LogP contribution in [0.2, 0.25) is 0 Å². The molecule has 0 unspecified atom stereocenters. The second-order valence-corrected chi connectivity index (χ2v) is 3.89. The van der Waals surface area contributed by atoms with Crippen LogP contribution in [0.4, 0.5) is 0 Å². The number of carboxylic acids is 1. The van der Waals surface area contributed by atoms with E-state index in [0.29, 0.717) is 11.5 Å². The molecule has 2 heteroatoms. The molecule has 2 aliphatic rings. The quantitative estimate of drug-likeness (QED) is 0.648. The summed E-state index contributed by atoms with van der Waals surface area (Å²) in [7, 11) is 0. The van der Waals surface area contributed by atoms with Crippen molar-refractivity contribution in [2.24, 2.45) is 11.8 Å². The molecule has 0 bridgehead atoms. The molecule has 0 aromatic carbocycles. The van der Waals surface area contributed by atoms with Crippen LogP contribution < -0.4 is 0 Å². The van der Waals surface area contributed by atoms with Crippen molar-refractivity contribution in [2.75, 3.05) is 0 Å². The van der Waals surface area contributed by atoms with E-state index in [4.69, 9.17) is 5.11 Å². The molecule has 2 atom stereocenters. The Hall–Kier alpha value is -0.790. The first kappa shape index (κ1) is 7.84. The molecule has 0 aromatic rings. The van der Waals surface area contributed by atoms with Crippen molar-refractivity contribution < 1.29 is 9.90 Å². The van der Waals surface area contributed by atoms with Gasteiger partial charge in [0.05, 0.1) is 0 Å². The minimum Gasteiger partial charge on any atom is -0.478 e. The number of allylic oxidation sites excluding steroid dienone is 1. The topological polar surface area (TPSA) is 37.3 Å². The van der Waals surface area contributed by atoms with Gasteiger partial charge in [-0.25, -0.2) is 4.79 Å². The smallest absolute Gasteiger partial charge is 0.331 e. The maximum atomic E-state index is 10.7. The van der Waals surface area contributed by atoms with Crippen LogP contribution >= 0.6 is 0 Å². The largest absolute Gasteiger partial charge is 0.478 e. The maximum absolute atomic E-state index is 10.7. The van der Waals surface area contributed by atoms with Gasteiger partial charge in [0.25, 0.3) is 0 Å². The molecular formula is C10H14O2. The summed E-state index contributed by atoms with van der Waals surface area (Å²) in [5.41, 5.74) is 0.651. The number of carboxylic acid groups (broad SMARTS) is 1. The van der Waals surface area contributed by atoms with E-state index in [1.807, 2.05) is 6.08 Å². The molecule has 0 heterocycles. The molecule has 12 heavy (non-hydrogen) atoms. The van der Waals surface area contributed by atoms with Gasteiger partial charge in [-0.3, -0.25) is 0 Å². The Morgan fingerprint density at radius 3 is 3.00 bits per heavy atom. The van der Waals surface area contributed by atoms with Crippen LogP contribution in [0.3, 0.4) is 0 Å². The molecule has 1 saturated carbocycles. The lowest BCUT2D eigenvalue weighted by Gasteiger charge is -2.22. The molecule has 2 aliphatic carbocycles. The van der Waals surface area contributed by atoms with Crippen molar-refractivity contribution in [1.82, 2.24) is 0 Å². The van der Waals surface area contributed by atoms with Gasteiger partial charge < -0.3 is 5.11 Å². The van der Waals surface area contributed by atoms with Gasteiger partial charge in [-0.1, -0.05) is 12.5 Å². The average molecular weight is 166 g/mol. The van der Waals surface area contributed by atoms with E-state index < -0.39 is 5.97 Å². The molecule has 1 fully saturated rings. The maximum Gasteiger partial charge on any atom is 0.331 e. The van der Waals surface area contributed by atoms with Crippen molar-refractivity contribution in [3.8, 4) is 0 Å². The highest BCUT2D eigenvalue weighted by Crippen LogP contribution is 2.40. The van der Waals surface area contributed by atoms with Crippen molar-refractivity contribution in [3.05, 3.63) is 11.6 Å². The first-order chi connectivity index (χ1) is 5.77. The van der Waals surface area contributed by atoms with Crippen LogP contribution in [-0.4, -0.2) is 11.1 Å². The Kier molecular flexibility index (Phi) is 1.91. The predicted octanol–water partition coefficient (Wildman–Crippen LogP) is 2.21. The Labute approximate surface area is 72.3 Å². The number of rotatable bonds is 1. The van der Waals surface area contributed by atoms with E-state index in [2.05, 4.69) is 0 Å². The third-order valence-electron chi connectivity index (χ3n) is 3.19. The number of hydrogen-bond acceptors (Lipinski definition) is 1. The lowest BCUT2D eigenvalue weighted by molar-refractivity contribution is -0.133. The summed E-state index contributed by atoms with van der Waals surface area (Å²) in [4.78, 5) is 10.7. The summed E-state index contributed by atoms with van der Waals surface area (Å²) in [6, 6.07) is 0. The zero-order chi connectivity index (χ0) is 8.55. The molecule has 2 rings (SSSR count). The average Bonchev–Trinajstić information content (AvgIpc) is 2.49. The lowest BCUT2D eigenvalue weighted by atomic mass is 9.83. The van der Waals surface area contributed by atoms with Crippen LogP contribution in [0.5, 0.6) is 0 Å². The minimum atomic E-state index is -0.708. The Morgan fingerprint density at radius 2 is 2.25 bits per heavy atom. The van der Waals surface area contributed by atoms with Gasteiger partial charge in [0.15, 0.2) is 0 Å². The third-order valence-corrected chi connectivity index (χ3v) is 3.19. The fraction of sp³-hybridized carbons (Fsp3) is 0.700. The van der Waals surface area contributed by atoms with E-state index >= 15 is 0 Å². The van der Waals surface area contributed by atoms with E-state index in [9.17, 15) is 4.79 Å². The van der Waals surface area contributed by atoms with Gasteiger partial charge in [0.2, 0.25) is 0 Å². The minimum absolute atomic E-state index is 0.588. The van der Waals surface area contributed by atoms with E-state index in [1.165, 1.54) is 19.3 Å². The van der Waals surface area contributed by atoms with Crippen molar-refractivity contribution in [3.63, 3.8) is 0 Å². The summed E-state index contributed by atoms with van der Waals surface area (Å²) >= 11 is 0. The molecule has 0 aromatic heterocycles. The van der Waals surface area contributed by atoms with Gasteiger partial charge in [0, 0.05) is 5.57 Å². The number of hydrogen-bond donors (Lipinski definition) is 1. The predicted molar refractivity (Wildman–Crippen MR) is 45.8 cm³/mol. The van der Waals surface area contributed by atoms with E-state index in [-0.39, 0.29) is 0 Å². The Morgan fingerprint density at radius 1 is 1.42 bits per heavy atom. The molecule has 2 nitrogen and oxygen atoms in total. The second kappa shape index (κ2) is 2.92. The number of aliphatic carboxylic acids is 1. The highest BCUT2D eigenvalue weighted by atomic mass is 16.4. The second-order valence-electron chi connectivity index (χ2n) is 3.89. The van der Waals surface area contributed by atoms with Gasteiger partial charge >= 0.3 is 5.97 Å². The van der Waals surface area contributed by atoms with Crippen molar-refractivity contribution in [1.29, 1.82) is 0 Å². The molecule has 0 amide bonds. The highest BCUT2D eigenvalue weighted by Gasteiger charge is 2.30. The van der Waals surface area contributed by atoms with E-state index in [1.54, 1.807) is 0 Å². The summed E-state index contributed by atoms with van der Waals surface area (Å²) < 4.78 is 0. The molecule has 0 radical (unpaired) electrons. The lowest BCUT2D eigenvalue weighted by Crippen LogP contribution is -2.15. The first-order valence-corrected chi connectivity index (χ1v) is 4.71. The molecule has 1 N–H and O–H groups in total. The fourth-order valence-electron chi connectivity index (χ4n) is 2.50. The van der Waals surface area contributed by atoms with Crippen LogP contribution in [0.25, 0.3) is 0 Å². The zero-order valence-electron chi connectivity index (χ0n) is 7.12. The fourth-order valence-corrected chi connectivity index (χ4v) is 2.50. The van der Waals surface area contributed by atoms with Crippen LogP contribution in [-0.2, 0) is 4.79 Å². The van der Waals surface area contributed by atoms with Gasteiger partial charge in [-0.05, 0) is 37.5 Å². The standard InChI is InChI=1S/C10H14O2/c11-10(12)9-5-4-7-2-1-3-8(7)6-9/h6-8H,1-5H2,(H,11,12)/t7-,8-/m1/s1. The summed E-state index contributed by atoms with van der Waals surface area (Å²) in [6.45, 7) is 0. The molecule has 66 valence electrons. The SMILES string of the molecule is O=C(O)C1=C[C@H]2CCC[C@@H]2CC1. The third kappa shape index (κ3) is 1.26.